The van der Waals surface area contributed by atoms with Gasteiger partial charge in [-0.2, -0.15) is 0 Å². The largest absolute Gasteiger partial charge is 0.493 e. The van der Waals surface area contributed by atoms with Gasteiger partial charge in [-0.3, -0.25) is 4.79 Å². The van der Waals surface area contributed by atoms with Crippen LogP contribution in [-0.2, 0) is 26.0 Å². The third kappa shape index (κ3) is 7.34. The van der Waals surface area contributed by atoms with E-state index in [2.05, 4.69) is 10.0 Å². The summed E-state index contributed by atoms with van der Waals surface area (Å²) in [6.45, 7) is 1.27. The minimum atomic E-state index is -3.68. The van der Waals surface area contributed by atoms with E-state index in [0.29, 0.717) is 30.2 Å². The third-order valence-corrected chi connectivity index (χ3v) is 6.69. The predicted molar refractivity (Wildman–Crippen MR) is 122 cm³/mol. The zero-order valence-corrected chi connectivity index (χ0v) is 19.7. The molecule has 1 fully saturated rings. The van der Waals surface area contributed by atoms with Crippen LogP contribution in [0.2, 0.25) is 0 Å². The summed E-state index contributed by atoms with van der Waals surface area (Å²) in [5, 5.41) is 2.77. The summed E-state index contributed by atoms with van der Waals surface area (Å²) in [4.78, 5) is 12.0. The molecule has 10 heteroatoms. The Bertz CT molecular complexity index is 1020. The number of sulfonamides is 1. The second kappa shape index (κ2) is 11.9. The smallest absolute Gasteiger partial charge is 0.258 e. The van der Waals surface area contributed by atoms with Gasteiger partial charge in [0, 0.05) is 19.7 Å². The first-order valence-electron chi connectivity index (χ1n) is 10.7. The van der Waals surface area contributed by atoms with Gasteiger partial charge in [0.05, 0.1) is 25.2 Å². The van der Waals surface area contributed by atoms with E-state index in [1.54, 1.807) is 20.3 Å². The Hall–Kier alpha value is -2.82. The molecule has 1 amide bonds. The summed E-state index contributed by atoms with van der Waals surface area (Å²) >= 11 is 0. The SMILES string of the molecule is COc1ccc(CCNS(=O)(=O)c2ccc(OCC(=O)NC[C@@H]3CCCO3)cc2)cc1OC. The van der Waals surface area contributed by atoms with Crippen molar-refractivity contribution in [2.45, 2.75) is 30.3 Å². The third-order valence-electron chi connectivity index (χ3n) is 5.21. The molecule has 0 unspecified atom stereocenters. The van der Waals surface area contributed by atoms with E-state index in [1.807, 2.05) is 12.1 Å². The normalized spacial score (nSPS) is 15.8. The standard InChI is InChI=1S/C23H30N2O7S/c1-29-21-10-5-17(14-22(21)30-2)11-12-25-33(27,28)20-8-6-18(7-9-20)32-16-23(26)24-15-19-4-3-13-31-19/h5-10,14,19,25H,3-4,11-13,15-16H2,1-2H3,(H,24,26)/t19-/m0/s1. The molecule has 0 saturated carbocycles. The van der Waals surface area contributed by atoms with Crippen LogP contribution in [0.1, 0.15) is 18.4 Å². The Labute approximate surface area is 194 Å². The molecule has 0 radical (unpaired) electrons. The van der Waals surface area contributed by atoms with Crippen LogP contribution < -0.4 is 24.2 Å². The minimum absolute atomic E-state index is 0.0673. The lowest BCUT2D eigenvalue weighted by Crippen LogP contribution is -2.35. The Kier molecular flexibility index (Phi) is 8.93. The van der Waals surface area contributed by atoms with Gasteiger partial charge in [0.1, 0.15) is 5.75 Å². The molecule has 3 rings (SSSR count). The van der Waals surface area contributed by atoms with Crippen LogP contribution in [0.5, 0.6) is 17.2 Å². The first-order chi connectivity index (χ1) is 15.9. The van der Waals surface area contributed by atoms with Crippen LogP contribution in [0.3, 0.4) is 0 Å². The lowest BCUT2D eigenvalue weighted by molar-refractivity contribution is -0.123. The van der Waals surface area contributed by atoms with Gasteiger partial charge in [-0.05, 0) is 61.2 Å². The van der Waals surface area contributed by atoms with Gasteiger partial charge in [-0.25, -0.2) is 13.1 Å². The van der Waals surface area contributed by atoms with Crippen molar-refractivity contribution in [2.75, 3.05) is 40.5 Å². The lowest BCUT2D eigenvalue weighted by atomic mass is 10.1. The maximum atomic E-state index is 12.6. The Morgan fingerprint density at radius 1 is 1.09 bits per heavy atom. The second-order valence-corrected chi connectivity index (χ2v) is 9.30. The first kappa shape index (κ1) is 24.8. The molecule has 180 valence electrons. The van der Waals surface area contributed by atoms with E-state index in [9.17, 15) is 13.2 Å². The summed E-state index contributed by atoms with van der Waals surface area (Å²) in [5.74, 6) is 1.36. The molecule has 9 nitrogen and oxygen atoms in total. The van der Waals surface area contributed by atoms with Gasteiger partial charge >= 0.3 is 0 Å². The number of carbonyl (C=O) groups excluding carboxylic acids is 1. The number of methoxy groups -OCH3 is 2. The van der Waals surface area contributed by atoms with Gasteiger partial charge in [-0.1, -0.05) is 6.07 Å². The monoisotopic (exact) mass is 478 g/mol. The first-order valence-corrected chi connectivity index (χ1v) is 12.2. The van der Waals surface area contributed by atoms with Crippen molar-refractivity contribution in [1.29, 1.82) is 0 Å². The maximum Gasteiger partial charge on any atom is 0.258 e. The van der Waals surface area contributed by atoms with E-state index in [4.69, 9.17) is 18.9 Å². The van der Waals surface area contributed by atoms with Crippen LogP contribution in [0.25, 0.3) is 0 Å². The Balaban J connectivity index is 1.45. The molecule has 2 aromatic rings. The van der Waals surface area contributed by atoms with Crippen LogP contribution in [0.4, 0.5) is 0 Å². The highest BCUT2D eigenvalue weighted by Gasteiger charge is 2.17. The molecular formula is C23H30N2O7S. The van der Waals surface area contributed by atoms with Gasteiger partial charge in [0.25, 0.3) is 5.91 Å². The molecule has 33 heavy (non-hydrogen) atoms. The van der Waals surface area contributed by atoms with Crippen molar-refractivity contribution in [3.63, 3.8) is 0 Å². The summed E-state index contributed by atoms with van der Waals surface area (Å²) in [5.41, 5.74) is 0.914. The fourth-order valence-corrected chi connectivity index (χ4v) is 4.43. The lowest BCUT2D eigenvalue weighted by Gasteiger charge is -2.12. The predicted octanol–water partition coefficient (Wildman–Crippen LogP) is 1.90. The minimum Gasteiger partial charge on any atom is -0.493 e. The molecule has 1 heterocycles. The fourth-order valence-electron chi connectivity index (χ4n) is 3.40. The van der Waals surface area contributed by atoms with Crippen molar-refractivity contribution >= 4 is 15.9 Å². The van der Waals surface area contributed by atoms with Crippen molar-refractivity contribution in [1.82, 2.24) is 10.0 Å². The van der Waals surface area contributed by atoms with E-state index < -0.39 is 10.0 Å². The van der Waals surface area contributed by atoms with Crippen molar-refractivity contribution < 1.29 is 32.2 Å². The molecular weight excluding hydrogens is 448 g/mol. The molecule has 0 aliphatic carbocycles. The number of hydrogen-bond acceptors (Lipinski definition) is 7. The molecule has 0 bridgehead atoms. The zero-order chi connectivity index (χ0) is 23.7. The van der Waals surface area contributed by atoms with E-state index in [1.165, 1.54) is 24.3 Å². The molecule has 1 aliphatic rings. The van der Waals surface area contributed by atoms with Crippen LogP contribution in [-0.4, -0.2) is 61.0 Å². The number of nitrogens with one attached hydrogen (secondary N) is 2. The van der Waals surface area contributed by atoms with Gasteiger partial charge < -0.3 is 24.3 Å². The number of hydrogen-bond donors (Lipinski definition) is 2. The molecule has 2 aromatic carbocycles. The van der Waals surface area contributed by atoms with Gasteiger partial charge in [0.2, 0.25) is 10.0 Å². The van der Waals surface area contributed by atoms with Gasteiger partial charge in [0.15, 0.2) is 18.1 Å². The summed E-state index contributed by atoms with van der Waals surface area (Å²) in [6, 6.07) is 11.4. The highest BCUT2D eigenvalue weighted by Crippen LogP contribution is 2.27. The average Bonchev–Trinajstić information content (AvgIpc) is 3.35. The van der Waals surface area contributed by atoms with Crippen molar-refractivity contribution in [3.8, 4) is 17.2 Å². The molecule has 2 N–H and O–H groups in total. The summed E-state index contributed by atoms with van der Waals surface area (Å²) < 4.78 is 49.1. The highest BCUT2D eigenvalue weighted by atomic mass is 32.2. The van der Waals surface area contributed by atoms with Gasteiger partial charge in [-0.15, -0.1) is 0 Å². The number of amides is 1. The van der Waals surface area contributed by atoms with Crippen molar-refractivity contribution in [2.24, 2.45) is 0 Å². The number of ether oxygens (including phenoxy) is 4. The van der Waals surface area contributed by atoms with E-state index >= 15 is 0 Å². The van der Waals surface area contributed by atoms with E-state index in [0.717, 1.165) is 25.0 Å². The topological polar surface area (TPSA) is 112 Å². The fraction of sp³-hybridized carbons (Fsp3) is 0.435. The number of rotatable bonds is 12. The Morgan fingerprint density at radius 3 is 2.52 bits per heavy atom. The van der Waals surface area contributed by atoms with Crippen molar-refractivity contribution in [3.05, 3.63) is 48.0 Å². The highest BCUT2D eigenvalue weighted by molar-refractivity contribution is 7.89. The van der Waals surface area contributed by atoms with Crippen LogP contribution >= 0.6 is 0 Å². The number of benzene rings is 2. The molecule has 1 atom stereocenters. The summed E-state index contributed by atoms with van der Waals surface area (Å²) in [7, 11) is -0.570. The maximum absolute atomic E-state index is 12.6. The zero-order valence-electron chi connectivity index (χ0n) is 18.8. The van der Waals surface area contributed by atoms with E-state index in [-0.39, 0.29) is 30.1 Å². The quantitative estimate of drug-likeness (QED) is 0.479. The molecule has 1 aliphatic heterocycles. The molecule has 0 spiro atoms. The number of carbonyl (C=O) groups is 1. The Morgan fingerprint density at radius 2 is 1.85 bits per heavy atom. The summed E-state index contributed by atoms with van der Waals surface area (Å²) in [6.07, 6.45) is 2.51. The van der Waals surface area contributed by atoms with Crippen LogP contribution in [0, 0.1) is 0 Å². The second-order valence-electron chi connectivity index (χ2n) is 7.54. The van der Waals surface area contributed by atoms with Crippen LogP contribution in [0.15, 0.2) is 47.4 Å². The molecule has 0 aromatic heterocycles. The average molecular weight is 479 g/mol. The molecule has 1 saturated heterocycles.